The molecule has 0 spiro atoms. The maximum atomic E-state index is 10.4. The summed E-state index contributed by atoms with van der Waals surface area (Å²) in [4.78, 5) is 31.8. The minimum Gasteiger partial charge on any atom is -0.390 e. The third kappa shape index (κ3) is 2.48. The minimum absolute atomic E-state index is 0.321. The predicted molar refractivity (Wildman–Crippen MR) is 57.9 cm³/mol. The van der Waals surface area contributed by atoms with Crippen LogP contribution < -0.4 is 0 Å². The van der Waals surface area contributed by atoms with Crippen molar-refractivity contribution in [2.24, 2.45) is 0 Å². The van der Waals surface area contributed by atoms with Gasteiger partial charge in [-0.25, -0.2) is 9.97 Å². The lowest BCUT2D eigenvalue weighted by atomic mass is 10.2. The van der Waals surface area contributed by atoms with Gasteiger partial charge in [-0.15, -0.1) is 0 Å². The number of nitro groups is 2. The molecule has 2 N–H and O–H groups in total. The summed E-state index contributed by atoms with van der Waals surface area (Å²) in [7, 11) is 0. The number of imidazole rings is 2. The highest BCUT2D eigenvalue weighted by molar-refractivity contribution is 5.14. The van der Waals surface area contributed by atoms with Gasteiger partial charge >= 0.3 is 11.9 Å². The van der Waals surface area contributed by atoms with Crippen LogP contribution in [0, 0.1) is 20.2 Å². The Bertz CT molecular complexity index is 536. The maximum absolute atomic E-state index is 10.4. The Morgan fingerprint density at radius 1 is 0.944 bits per heavy atom. The average Bonchev–Trinajstić information content (AvgIpc) is 2.95. The maximum Gasteiger partial charge on any atom is 0.432 e. The topological polar surface area (TPSA) is 144 Å². The normalized spacial score (nSPS) is 10.4. The number of hydrogen-bond acceptors (Lipinski definition) is 6. The van der Waals surface area contributed by atoms with E-state index in [0.29, 0.717) is 24.2 Å². The van der Waals surface area contributed by atoms with E-state index in [-0.39, 0.29) is 11.9 Å². The molecule has 0 fully saturated rings. The Labute approximate surface area is 99.4 Å². The summed E-state index contributed by atoms with van der Waals surface area (Å²) in [6.45, 7) is 0. The summed E-state index contributed by atoms with van der Waals surface area (Å²) in [5.41, 5.74) is 1.01. The van der Waals surface area contributed by atoms with Crippen LogP contribution >= 0.6 is 0 Å². The van der Waals surface area contributed by atoms with Gasteiger partial charge in [0, 0.05) is 12.8 Å². The molecule has 0 saturated carbocycles. The Balaban J connectivity index is 1.97. The van der Waals surface area contributed by atoms with Crippen molar-refractivity contribution in [3.8, 4) is 0 Å². The van der Waals surface area contributed by atoms with Crippen molar-refractivity contribution in [2.45, 2.75) is 12.8 Å². The molecule has 0 bridgehead atoms. The molecule has 0 aliphatic carbocycles. The van der Waals surface area contributed by atoms with Crippen molar-refractivity contribution in [1.82, 2.24) is 19.9 Å². The van der Waals surface area contributed by atoms with Gasteiger partial charge in [0.1, 0.15) is 12.4 Å². The van der Waals surface area contributed by atoms with Gasteiger partial charge in [-0.1, -0.05) is 9.97 Å². The second kappa shape index (κ2) is 4.61. The van der Waals surface area contributed by atoms with Crippen molar-refractivity contribution in [2.75, 3.05) is 0 Å². The van der Waals surface area contributed by atoms with E-state index in [0.717, 1.165) is 0 Å². The first kappa shape index (κ1) is 11.7. The molecule has 0 amide bonds. The molecule has 94 valence electrons. The molecular weight excluding hydrogens is 244 g/mol. The highest BCUT2D eigenvalue weighted by Gasteiger charge is 2.15. The third-order valence-electron chi connectivity index (χ3n) is 2.22. The predicted octanol–water partition coefficient (Wildman–Crippen LogP) is 0.734. The van der Waals surface area contributed by atoms with Gasteiger partial charge in [0.25, 0.3) is 0 Å². The van der Waals surface area contributed by atoms with E-state index in [1.54, 1.807) is 0 Å². The molecule has 10 nitrogen and oxygen atoms in total. The number of hydrogen-bond donors (Lipinski definition) is 2. The van der Waals surface area contributed by atoms with E-state index < -0.39 is 9.85 Å². The molecule has 0 atom stereocenters. The summed E-state index contributed by atoms with van der Waals surface area (Å²) >= 11 is 0. The largest absolute Gasteiger partial charge is 0.432 e. The molecule has 10 heteroatoms. The zero-order valence-corrected chi connectivity index (χ0v) is 8.99. The summed E-state index contributed by atoms with van der Waals surface area (Å²) in [6.07, 6.45) is 3.68. The summed E-state index contributed by atoms with van der Waals surface area (Å²) < 4.78 is 0. The standard InChI is InChI=1S/C8H8N6O4/c15-13(16)7-9-3-5(11-7)1-2-6-4-10-8(12-6)14(17)18/h3-4H,1-2H2,(H,9,11)(H,10,12). The smallest absolute Gasteiger partial charge is 0.390 e. The van der Waals surface area contributed by atoms with E-state index in [1.807, 2.05) is 0 Å². The number of aromatic nitrogens is 4. The molecule has 2 rings (SSSR count). The monoisotopic (exact) mass is 252 g/mol. The van der Waals surface area contributed by atoms with Gasteiger partial charge in [-0.3, -0.25) is 0 Å². The second-order valence-corrected chi connectivity index (χ2v) is 3.45. The summed E-state index contributed by atoms with van der Waals surface area (Å²) in [5, 5.41) is 20.8. The number of H-pyrrole nitrogens is 2. The molecular formula is C8H8N6O4. The van der Waals surface area contributed by atoms with E-state index in [1.165, 1.54) is 12.4 Å². The Kier molecular flexibility index (Phi) is 3.00. The lowest BCUT2D eigenvalue weighted by Gasteiger charge is -1.88. The molecule has 2 aromatic heterocycles. The number of nitrogens with zero attached hydrogens (tertiary/aromatic N) is 4. The van der Waals surface area contributed by atoms with Crippen LogP contribution in [-0.4, -0.2) is 29.8 Å². The lowest BCUT2D eigenvalue weighted by molar-refractivity contribution is -0.394. The average molecular weight is 252 g/mol. The van der Waals surface area contributed by atoms with Crippen LogP contribution in [0.1, 0.15) is 11.4 Å². The van der Waals surface area contributed by atoms with Gasteiger partial charge in [-0.05, 0) is 9.85 Å². The molecule has 0 radical (unpaired) electrons. The van der Waals surface area contributed by atoms with E-state index >= 15 is 0 Å². The molecule has 0 unspecified atom stereocenters. The zero-order valence-electron chi connectivity index (χ0n) is 8.99. The zero-order chi connectivity index (χ0) is 13.1. The Morgan fingerprint density at radius 3 is 1.61 bits per heavy atom. The first-order valence-corrected chi connectivity index (χ1v) is 4.93. The van der Waals surface area contributed by atoms with Gasteiger partial charge < -0.3 is 20.2 Å². The fourth-order valence-electron chi connectivity index (χ4n) is 1.40. The van der Waals surface area contributed by atoms with E-state index in [9.17, 15) is 20.2 Å². The van der Waals surface area contributed by atoms with Crippen molar-refractivity contribution >= 4 is 11.9 Å². The number of nitrogens with one attached hydrogen (secondary N) is 2. The number of rotatable bonds is 5. The Hall–Kier alpha value is -2.78. The Morgan fingerprint density at radius 2 is 1.33 bits per heavy atom. The second-order valence-electron chi connectivity index (χ2n) is 3.45. The van der Waals surface area contributed by atoms with Crippen LogP contribution in [0.25, 0.3) is 0 Å². The quantitative estimate of drug-likeness (QED) is 0.592. The minimum atomic E-state index is -0.622. The van der Waals surface area contributed by atoms with Crippen LogP contribution in [-0.2, 0) is 12.8 Å². The van der Waals surface area contributed by atoms with Crippen LogP contribution in [0.5, 0.6) is 0 Å². The molecule has 2 heterocycles. The van der Waals surface area contributed by atoms with E-state index in [4.69, 9.17) is 0 Å². The molecule has 0 aromatic carbocycles. The summed E-state index contributed by atoms with van der Waals surface area (Å²) in [5.74, 6) is -0.643. The first-order chi connectivity index (χ1) is 8.56. The van der Waals surface area contributed by atoms with Crippen LogP contribution in [0.15, 0.2) is 12.4 Å². The molecule has 18 heavy (non-hydrogen) atoms. The molecule has 0 saturated heterocycles. The number of aryl methyl sites for hydroxylation is 2. The fraction of sp³-hybridized carbons (Fsp3) is 0.250. The van der Waals surface area contributed by atoms with Gasteiger partial charge in [0.15, 0.2) is 11.4 Å². The van der Waals surface area contributed by atoms with Gasteiger partial charge in [0.2, 0.25) is 0 Å². The van der Waals surface area contributed by atoms with Crippen LogP contribution in [0.2, 0.25) is 0 Å². The van der Waals surface area contributed by atoms with Crippen molar-refractivity contribution in [1.29, 1.82) is 0 Å². The third-order valence-corrected chi connectivity index (χ3v) is 2.22. The summed E-state index contributed by atoms with van der Waals surface area (Å²) in [6, 6.07) is 0. The molecule has 2 aromatic rings. The lowest BCUT2D eigenvalue weighted by Crippen LogP contribution is -1.94. The highest BCUT2D eigenvalue weighted by Crippen LogP contribution is 2.10. The number of aromatic amines is 2. The van der Waals surface area contributed by atoms with Gasteiger partial charge in [-0.2, -0.15) is 0 Å². The first-order valence-electron chi connectivity index (χ1n) is 4.93. The van der Waals surface area contributed by atoms with Crippen LogP contribution in [0.3, 0.4) is 0 Å². The highest BCUT2D eigenvalue weighted by atomic mass is 16.6. The fourth-order valence-corrected chi connectivity index (χ4v) is 1.40. The molecule has 0 aliphatic heterocycles. The van der Waals surface area contributed by atoms with Crippen LogP contribution in [0.4, 0.5) is 11.9 Å². The van der Waals surface area contributed by atoms with Crippen molar-refractivity contribution in [3.05, 3.63) is 44.0 Å². The SMILES string of the molecule is O=[N+]([O-])c1nc(CCc2c[nH]c([N+](=O)[O-])n2)c[nH]1. The van der Waals surface area contributed by atoms with E-state index in [2.05, 4.69) is 19.9 Å². The van der Waals surface area contributed by atoms with Crippen molar-refractivity contribution in [3.63, 3.8) is 0 Å². The van der Waals surface area contributed by atoms with Crippen molar-refractivity contribution < 1.29 is 9.85 Å². The van der Waals surface area contributed by atoms with Gasteiger partial charge in [0.05, 0.1) is 0 Å². The molecule has 0 aliphatic rings.